The highest BCUT2D eigenvalue weighted by molar-refractivity contribution is 7.08. The van der Waals surface area contributed by atoms with Crippen molar-refractivity contribution in [1.82, 2.24) is 15.0 Å². The molecule has 0 saturated heterocycles. The number of aliphatic carboxylic acids is 1. The van der Waals surface area contributed by atoms with Gasteiger partial charge in [0, 0.05) is 11.9 Å². The second kappa shape index (κ2) is 5.72. The van der Waals surface area contributed by atoms with Crippen LogP contribution in [0.15, 0.2) is 21.3 Å². The first kappa shape index (κ1) is 13.3. The smallest absolute Gasteiger partial charge is 0.317 e. The minimum absolute atomic E-state index is 0.0127. The van der Waals surface area contributed by atoms with E-state index in [9.17, 15) is 4.79 Å². The molecule has 1 fully saturated rings. The maximum absolute atomic E-state index is 10.9. The summed E-state index contributed by atoms with van der Waals surface area (Å²) in [7, 11) is 0. The van der Waals surface area contributed by atoms with E-state index in [1.165, 1.54) is 12.8 Å². The summed E-state index contributed by atoms with van der Waals surface area (Å²) in [5.41, 5.74) is 0.903. The molecular formula is C13H15N3O3S. The summed E-state index contributed by atoms with van der Waals surface area (Å²) in [6.45, 7) is 1.21. The Morgan fingerprint density at radius 2 is 2.40 bits per heavy atom. The minimum Gasteiger partial charge on any atom is -0.480 e. The fraction of sp³-hybridized carbons (Fsp3) is 0.462. The van der Waals surface area contributed by atoms with Gasteiger partial charge in [-0.3, -0.25) is 9.69 Å². The second-order valence-electron chi connectivity index (χ2n) is 5.03. The van der Waals surface area contributed by atoms with E-state index in [4.69, 9.17) is 9.63 Å². The molecule has 0 aromatic carbocycles. The maximum atomic E-state index is 10.9. The van der Waals surface area contributed by atoms with E-state index in [0.717, 1.165) is 12.1 Å². The van der Waals surface area contributed by atoms with E-state index in [0.29, 0.717) is 24.2 Å². The number of aromatic nitrogens is 2. The van der Waals surface area contributed by atoms with Crippen LogP contribution in [0.5, 0.6) is 0 Å². The Bertz CT molecular complexity index is 577. The molecular weight excluding hydrogens is 278 g/mol. The van der Waals surface area contributed by atoms with E-state index in [1.807, 2.05) is 21.7 Å². The van der Waals surface area contributed by atoms with Crippen LogP contribution in [0.1, 0.15) is 18.7 Å². The van der Waals surface area contributed by atoms with Gasteiger partial charge in [-0.15, -0.1) is 0 Å². The number of nitrogens with zero attached hydrogens (tertiary/aromatic N) is 3. The van der Waals surface area contributed by atoms with E-state index in [2.05, 4.69) is 10.1 Å². The molecule has 0 bridgehead atoms. The second-order valence-corrected chi connectivity index (χ2v) is 5.81. The van der Waals surface area contributed by atoms with Gasteiger partial charge in [0.1, 0.15) is 0 Å². The standard InChI is InChI=1S/C13H15N3O3S/c17-12(18)7-16(5-9-1-2-9)6-11-14-13(19-15-11)10-3-4-20-8-10/h3-4,8-9H,1-2,5-7H2,(H,17,18). The van der Waals surface area contributed by atoms with Crippen molar-refractivity contribution in [2.75, 3.05) is 13.1 Å². The molecule has 2 aromatic rings. The summed E-state index contributed by atoms with van der Waals surface area (Å²) in [6, 6.07) is 1.92. The van der Waals surface area contributed by atoms with Gasteiger partial charge in [-0.1, -0.05) is 5.16 Å². The molecule has 1 aliphatic carbocycles. The van der Waals surface area contributed by atoms with Gasteiger partial charge >= 0.3 is 5.97 Å². The number of carboxylic acid groups (broad SMARTS) is 1. The van der Waals surface area contributed by atoms with Crippen molar-refractivity contribution in [2.24, 2.45) is 5.92 Å². The highest BCUT2D eigenvalue weighted by atomic mass is 32.1. The molecule has 0 amide bonds. The van der Waals surface area contributed by atoms with Gasteiger partial charge in [-0.2, -0.15) is 16.3 Å². The van der Waals surface area contributed by atoms with Crippen LogP contribution in [0.3, 0.4) is 0 Å². The molecule has 20 heavy (non-hydrogen) atoms. The van der Waals surface area contributed by atoms with Crippen LogP contribution in [-0.4, -0.2) is 39.2 Å². The van der Waals surface area contributed by atoms with Crippen molar-refractivity contribution in [3.05, 3.63) is 22.7 Å². The third-order valence-electron chi connectivity index (χ3n) is 3.17. The monoisotopic (exact) mass is 293 g/mol. The van der Waals surface area contributed by atoms with Crippen LogP contribution in [-0.2, 0) is 11.3 Å². The number of thiophene rings is 1. The Morgan fingerprint density at radius 3 is 3.05 bits per heavy atom. The average Bonchev–Trinajstić information content (AvgIpc) is 2.91. The van der Waals surface area contributed by atoms with Gasteiger partial charge in [0.05, 0.1) is 18.7 Å². The highest BCUT2D eigenvalue weighted by Crippen LogP contribution is 2.30. The molecule has 1 saturated carbocycles. The molecule has 1 aliphatic rings. The molecule has 6 nitrogen and oxygen atoms in total. The summed E-state index contributed by atoms with van der Waals surface area (Å²) < 4.78 is 5.21. The van der Waals surface area contributed by atoms with Crippen LogP contribution < -0.4 is 0 Å². The number of hydrogen-bond donors (Lipinski definition) is 1. The zero-order chi connectivity index (χ0) is 13.9. The summed E-state index contributed by atoms with van der Waals surface area (Å²) >= 11 is 1.57. The third-order valence-corrected chi connectivity index (χ3v) is 3.86. The number of hydrogen-bond acceptors (Lipinski definition) is 6. The SMILES string of the molecule is O=C(O)CN(Cc1noc(-c2ccsc2)n1)CC1CC1. The van der Waals surface area contributed by atoms with E-state index in [-0.39, 0.29) is 6.54 Å². The normalized spacial score (nSPS) is 14.8. The van der Waals surface area contributed by atoms with E-state index in [1.54, 1.807) is 11.3 Å². The highest BCUT2D eigenvalue weighted by Gasteiger charge is 2.26. The van der Waals surface area contributed by atoms with E-state index >= 15 is 0 Å². The van der Waals surface area contributed by atoms with Crippen molar-refractivity contribution in [1.29, 1.82) is 0 Å². The number of carboxylic acids is 1. The fourth-order valence-corrected chi connectivity index (χ4v) is 2.69. The molecule has 0 unspecified atom stereocenters. The van der Waals surface area contributed by atoms with Crippen LogP contribution in [0.2, 0.25) is 0 Å². The van der Waals surface area contributed by atoms with E-state index < -0.39 is 5.97 Å². The Morgan fingerprint density at radius 1 is 1.55 bits per heavy atom. The fourth-order valence-electron chi connectivity index (χ4n) is 2.06. The maximum Gasteiger partial charge on any atom is 0.317 e. The summed E-state index contributed by atoms with van der Waals surface area (Å²) in [6.07, 6.45) is 2.37. The van der Waals surface area contributed by atoms with Crippen molar-refractivity contribution >= 4 is 17.3 Å². The predicted molar refractivity (Wildman–Crippen MR) is 73.2 cm³/mol. The number of carbonyl (C=O) groups is 1. The lowest BCUT2D eigenvalue weighted by Crippen LogP contribution is -2.31. The Labute approximate surface area is 120 Å². The first-order chi connectivity index (χ1) is 9.70. The Hall–Kier alpha value is -1.73. The van der Waals surface area contributed by atoms with Gasteiger partial charge in [0.25, 0.3) is 5.89 Å². The molecule has 0 aliphatic heterocycles. The minimum atomic E-state index is -0.827. The van der Waals surface area contributed by atoms with Crippen molar-refractivity contribution in [2.45, 2.75) is 19.4 Å². The van der Waals surface area contributed by atoms with Gasteiger partial charge in [-0.25, -0.2) is 0 Å². The third kappa shape index (κ3) is 3.43. The molecule has 0 radical (unpaired) electrons. The zero-order valence-electron chi connectivity index (χ0n) is 10.9. The summed E-state index contributed by atoms with van der Waals surface area (Å²) in [4.78, 5) is 17.1. The Balaban J connectivity index is 1.66. The van der Waals surface area contributed by atoms with Crippen LogP contribution in [0, 0.1) is 5.92 Å². The molecule has 2 aromatic heterocycles. The lowest BCUT2D eigenvalue weighted by molar-refractivity contribution is -0.138. The molecule has 106 valence electrons. The molecule has 1 N–H and O–H groups in total. The molecule has 3 rings (SSSR count). The first-order valence-electron chi connectivity index (χ1n) is 6.50. The van der Waals surface area contributed by atoms with Crippen LogP contribution in [0.4, 0.5) is 0 Å². The molecule has 0 spiro atoms. The predicted octanol–water partition coefficient (Wildman–Crippen LogP) is 2.09. The molecule has 7 heteroatoms. The largest absolute Gasteiger partial charge is 0.480 e. The zero-order valence-corrected chi connectivity index (χ0v) is 11.7. The lowest BCUT2D eigenvalue weighted by Gasteiger charge is -2.17. The quantitative estimate of drug-likeness (QED) is 0.842. The molecule has 0 atom stereocenters. The number of rotatable bonds is 7. The molecule has 2 heterocycles. The van der Waals surface area contributed by atoms with Gasteiger partial charge < -0.3 is 9.63 Å². The van der Waals surface area contributed by atoms with Crippen molar-refractivity contribution < 1.29 is 14.4 Å². The Kier molecular flexibility index (Phi) is 3.79. The van der Waals surface area contributed by atoms with Gasteiger partial charge in [0.2, 0.25) is 0 Å². The first-order valence-corrected chi connectivity index (χ1v) is 7.44. The van der Waals surface area contributed by atoms with Gasteiger partial charge in [-0.05, 0) is 30.2 Å². The average molecular weight is 293 g/mol. The van der Waals surface area contributed by atoms with Gasteiger partial charge in [0.15, 0.2) is 5.82 Å². The van der Waals surface area contributed by atoms with Crippen LogP contribution in [0.25, 0.3) is 11.5 Å². The summed E-state index contributed by atoms with van der Waals surface area (Å²) in [5, 5.41) is 16.8. The lowest BCUT2D eigenvalue weighted by atomic mass is 10.3. The topological polar surface area (TPSA) is 79.5 Å². The van der Waals surface area contributed by atoms with Crippen molar-refractivity contribution in [3.8, 4) is 11.5 Å². The van der Waals surface area contributed by atoms with Crippen LogP contribution >= 0.6 is 11.3 Å². The summed E-state index contributed by atoms with van der Waals surface area (Å²) in [5.74, 6) is 0.820. The van der Waals surface area contributed by atoms with Crippen molar-refractivity contribution in [3.63, 3.8) is 0 Å².